The molecule has 0 aromatic heterocycles. The molecule has 0 radical (unpaired) electrons. The van der Waals surface area contributed by atoms with Gasteiger partial charge in [0.2, 0.25) is 5.91 Å². The van der Waals surface area contributed by atoms with E-state index in [-0.39, 0.29) is 11.3 Å². The van der Waals surface area contributed by atoms with Gasteiger partial charge in [-0.15, -0.1) is 0 Å². The predicted molar refractivity (Wildman–Crippen MR) is 101 cm³/mol. The first-order valence-electron chi connectivity index (χ1n) is 9.08. The Kier molecular flexibility index (Phi) is 7.31. The normalized spacial score (nSPS) is 11.8. The molecule has 130 valence electrons. The molecule has 23 heavy (non-hydrogen) atoms. The molecular weight excluding hydrogens is 282 g/mol. The third-order valence-electron chi connectivity index (χ3n) is 4.04. The largest absolute Gasteiger partial charge is 0.309 e. The molecular formula is C21H35NO. The third kappa shape index (κ3) is 6.37. The Hall–Kier alpha value is -1.31. The molecule has 0 N–H and O–H groups in total. The van der Waals surface area contributed by atoms with E-state index in [2.05, 4.69) is 71.6 Å². The monoisotopic (exact) mass is 317 g/mol. The molecule has 1 rings (SSSR count). The molecule has 1 aromatic carbocycles. The van der Waals surface area contributed by atoms with Gasteiger partial charge in [0.15, 0.2) is 0 Å². The van der Waals surface area contributed by atoms with Crippen LogP contribution in [0.1, 0.15) is 77.8 Å². The molecule has 0 saturated heterocycles. The fourth-order valence-electron chi connectivity index (χ4n) is 3.26. The molecule has 1 amide bonds. The van der Waals surface area contributed by atoms with Gasteiger partial charge in [0.1, 0.15) is 0 Å². The lowest BCUT2D eigenvalue weighted by atomic mass is 9.90. The van der Waals surface area contributed by atoms with Crippen LogP contribution in [0.3, 0.4) is 0 Å². The minimum absolute atomic E-state index is 0.0111. The molecule has 0 atom stereocenters. The summed E-state index contributed by atoms with van der Waals surface area (Å²) in [6.45, 7) is 15.0. The third-order valence-corrected chi connectivity index (χ3v) is 4.04. The molecule has 0 aliphatic heterocycles. The lowest BCUT2D eigenvalue weighted by Crippen LogP contribution is -2.42. The first-order valence-corrected chi connectivity index (χ1v) is 9.08. The standard InChI is InChI=1S/C21H35NO/c1-8-10-18(11-9-2)22(20(23)15-21(5,6)7)19-13-16(3)12-17(4)14-19/h12-14,18H,8-11,15H2,1-7H3. The average molecular weight is 318 g/mol. The topological polar surface area (TPSA) is 20.3 Å². The van der Waals surface area contributed by atoms with Gasteiger partial charge in [-0.25, -0.2) is 0 Å². The second-order valence-electron chi connectivity index (χ2n) is 8.08. The van der Waals surface area contributed by atoms with Crippen molar-refractivity contribution in [1.82, 2.24) is 0 Å². The number of aryl methyl sites for hydroxylation is 2. The quantitative estimate of drug-likeness (QED) is 0.600. The number of anilines is 1. The highest BCUT2D eigenvalue weighted by molar-refractivity contribution is 5.94. The zero-order valence-electron chi connectivity index (χ0n) is 16.2. The van der Waals surface area contributed by atoms with Crippen LogP contribution in [-0.4, -0.2) is 11.9 Å². The van der Waals surface area contributed by atoms with Crippen LogP contribution in [0.2, 0.25) is 0 Å². The molecule has 0 heterocycles. The van der Waals surface area contributed by atoms with E-state index >= 15 is 0 Å². The SMILES string of the molecule is CCCC(CCC)N(C(=O)CC(C)(C)C)c1cc(C)cc(C)c1. The van der Waals surface area contributed by atoms with Crippen LogP contribution in [0, 0.1) is 19.3 Å². The smallest absolute Gasteiger partial charge is 0.227 e. The number of rotatable bonds is 7. The molecule has 2 heteroatoms. The number of nitrogens with zero attached hydrogens (tertiary/aromatic N) is 1. The minimum atomic E-state index is 0.0111. The number of carbonyl (C=O) groups is 1. The molecule has 0 aliphatic carbocycles. The Morgan fingerprint density at radius 1 is 1.00 bits per heavy atom. The molecule has 0 saturated carbocycles. The summed E-state index contributed by atoms with van der Waals surface area (Å²) in [5.74, 6) is 0.259. The van der Waals surface area contributed by atoms with Crippen molar-refractivity contribution >= 4 is 11.6 Å². The Balaban J connectivity index is 3.25. The predicted octanol–water partition coefficient (Wildman–Crippen LogP) is 6.04. The first kappa shape index (κ1) is 19.7. The fourth-order valence-corrected chi connectivity index (χ4v) is 3.26. The summed E-state index contributed by atoms with van der Waals surface area (Å²) in [4.78, 5) is 15.2. The van der Waals surface area contributed by atoms with Crippen LogP contribution in [-0.2, 0) is 4.79 Å². The fraction of sp³-hybridized carbons (Fsp3) is 0.667. The van der Waals surface area contributed by atoms with Gasteiger partial charge >= 0.3 is 0 Å². The van der Waals surface area contributed by atoms with Crippen LogP contribution in [0.15, 0.2) is 18.2 Å². The van der Waals surface area contributed by atoms with Crippen LogP contribution in [0.5, 0.6) is 0 Å². The summed E-state index contributed by atoms with van der Waals surface area (Å²) < 4.78 is 0. The Bertz CT molecular complexity index is 487. The Morgan fingerprint density at radius 2 is 1.48 bits per heavy atom. The van der Waals surface area contributed by atoms with Gasteiger partial charge in [-0.05, 0) is 55.4 Å². The highest BCUT2D eigenvalue weighted by Gasteiger charge is 2.27. The maximum absolute atomic E-state index is 13.1. The van der Waals surface area contributed by atoms with E-state index in [1.807, 2.05) is 0 Å². The first-order chi connectivity index (χ1) is 10.7. The van der Waals surface area contributed by atoms with Gasteiger partial charge < -0.3 is 4.90 Å². The van der Waals surface area contributed by atoms with Gasteiger partial charge in [-0.2, -0.15) is 0 Å². The summed E-state index contributed by atoms with van der Waals surface area (Å²) in [7, 11) is 0. The van der Waals surface area contributed by atoms with Crippen LogP contribution < -0.4 is 4.90 Å². The molecule has 0 aliphatic rings. The van der Waals surface area contributed by atoms with E-state index in [0.29, 0.717) is 12.5 Å². The van der Waals surface area contributed by atoms with Crippen LogP contribution >= 0.6 is 0 Å². The zero-order valence-corrected chi connectivity index (χ0v) is 16.2. The molecule has 0 fully saturated rings. The summed E-state index contributed by atoms with van der Waals surface area (Å²) >= 11 is 0. The van der Waals surface area contributed by atoms with E-state index in [9.17, 15) is 4.79 Å². The average Bonchev–Trinajstić information content (AvgIpc) is 2.36. The van der Waals surface area contributed by atoms with Crippen molar-refractivity contribution in [2.24, 2.45) is 5.41 Å². The minimum Gasteiger partial charge on any atom is -0.309 e. The lowest BCUT2D eigenvalue weighted by molar-refractivity contribution is -0.120. The Labute approximate surface area is 143 Å². The van der Waals surface area contributed by atoms with Crippen LogP contribution in [0.4, 0.5) is 5.69 Å². The van der Waals surface area contributed by atoms with Crippen molar-refractivity contribution < 1.29 is 4.79 Å². The second-order valence-corrected chi connectivity index (χ2v) is 8.08. The van der Waals surface area contributed by atoms with Crippen molar-refractivity contribution in [2.45, 2.75) is 86.6 Å². The van der Waals surface area contributed by atoms with Gasteiger partial charge in [-0.1, -0.05) is 53.5 Å². The highest BCUT2D eigenvalue weighted by Crippen LogP contribution is 2.29. The number of amides is 1. The number of benzene rings is 1. The summed E-state index contributed by atoms with van der Waals surface area (Å²) in [5, 5.41) is 0. The van der Waals surface area contributed by atoms with Gasteiger partial charge in [0, 0.05) is 18.2 Å². The van der Waals surface area contributed by atoms with Gasteiger partial charge in [0.25, 0.3) is 0 Å². The van der Waals surface area contributed by atoms with Crippen molar-refractivity contribution in [1.29, 1.82) is 0 Å². The van der Waals surface area contributed by atoms with E-state index in [1.54, 1.807) is 0 Å². The number of carbonyl (C=O) groups excluding carboxylic acids is 1. The highest BCUT2D eigenvalue weighted by atomic mass is 16.2. The van der Waals surface area contributed by atoms with Crippen molar-refractivity contribution in [3.05, 3.63) is 29.3 Å². The molecule has 0 spiro atoms. The lowest BCUT2D eigenvalue weighted by Gasteiger charge is -2.34. The molecule has 2 nitrogen and oxygen atoms in total. The zero-order chi connectivity index (χ0) is 17.6. The van der Waals surface area contributed by atoms with Gasteiger partial charge in [-0.3, -0.25) is 4.79 Å². The number of hydrogen-bond acceptors (Lipinski definition) is 1. The number of hydrogen-bond donors (Lipinski definition) is 0. The van der Waals surface area contributed by atoms with E-state index in [4.69, 9.17) is 0 Å². The maximum Gasteiger partial charge on any atom is 0.227 e. The second kappa shape index (κ2) is 8.52. The van der Waals surface area contributed by atoms with E-state index < -0.39 is 0 Å². The van der Waals surface area contributed by atoms with Crippen molar-refractivity contribution in [3.63, 3.8) is 0 Å². The molecule has 0 bridgehead atoms. The van der Waals surface area contributed by atoms with Gasteiger partial charge in [0.05, 0.1) is 0 Å². The van der Waals surface area contributed by atoms with Crippen molar-refractivity contribution in [2.75, 3.05) is 4.90 Å². The van der Waals surface area contributed by atoms with Crippen LogP contribution in [0.25, 0.3) is 0 Å². The Morgan fingerprint density at radius 3 is 1.87 bits per heavy atom. The summed E-state index contributed by atoms with van der Waals surface area (Å²) in [6.07, 6.45) is 4.93. The van der Waals surface area contributed by atoms with E-state index in [1.165, 1.54) is 11.1 Å². The van der Waals surface area contributed by atoms with E-state index in [0.717, 1.165) is 31.4 Å². The molecule has 0 unspecified atom stereocenters. The summed E-state index contributed by atoms with van der Waals surface area (Å²) in [5.41, 5.74) is 3.53. The van der Waals surface area contributed by atoms with Crippen molar-refractivity contribution in [3.8, 4) is 0 Å². The molecule has 1 aromatic rings. The maximum atomic E-state index is 13.1. The summed E-state index contributed by atoms with van der Waals surface area (Å²) in [6, 6.07) is 6.79.